The van der Waals surface area contributed by atoms with Gasteiger partial charge in [0.25, 0.3) is 0 Å². The second-order valence-electron chi connectivity index (χ2n) is 3.27. The fraction of sp³-hybridized carbons (Fsp3) is 1.00. The van der Waals surface area contributed by atoms with Crippen molar-refractivity contribution >= 4 is 0 Å². The summed E-state index contributed by atoms with van der Waals surface area (Å²) < 4.78 is 0. The summed E-state index contributed by atoms with van der Waals surface area (Å²) in [6, 6.07) is 0. The zero-order valence-corrected chi connectivity index (χ0v) is 9.16. The molecule has 0 aromatic carbocycles. The van der Waals surface area contributed by atoms with Gasteiger partial charge in [-0.1, -0.05) is 6.92 Å². The third-order valence-corrected chi connectivity index (χ3v) is 1.99. The first-order valence-electron chi connectivity index (χ1n) is 5.47. The van der Waals surface area contributed by atoms with Crippen LogP contribution in [0.5, 0.6) is 0 Å². The Balaban J connectivity index is -0.000000240. The number of rotatable bonds is 10. The van der Waals surface area contributed by atoms with Gasteiger partial charge in [0.2, 0.25) is 0 Å². The Hall–Kier alpha value is -0.120. The van der Waals surface area contributed by atoms with Crippen LogP contribution in [0.2, 0.25) is 0 Å². The van der Waals surface area contributed by atoms with Crippen molar-refractivity contribution < 1.29 is 4.28 Å². The van der Waals surface area contributed by atoms with E-state index in [1.165, 1.54) is 19.3 Å². The average molecular weight is 193 g/mol. The quantitative estimate of drug-likeness (QED) is 0.458. The standard InChI is InChI=1S/C10H25N3.3H2/c1-3-12-9-6-10-13-8-5-4-7-11-2;;;/h11-13H,3-10H2,1-2H3;3*1H. The van der Waals surface area contributed by atoms with Gasteiger partial charge in [0.05, 0.1) is 0 Å². The summed E-state index contributed by atoms with van der Waals surface area (Å²) in [5, 5.41) is 9.89. The van der Waals surface area contributed by atoms with Gasteiger partial charge in [0, 0.05) is 4.28 Å². The van der Waals surface area contributed by atoms with Crippen LogP contribution in [0.25, 0.3) is 0 Å². The SMILES string of the molecule is CCNCCCNCCCCNC.[HH].[HH].[HH]. The zero-order chi connectivity index (χ0) is 9.78. The number of hydrogen-bond donors (Lipinski definition) is 3. The Morgan fingerprint density at radius 3 is 2.15 bits per heavy atom. The summed E-state index contributed by atoms with van der Waals surface area (Å²) in [6.07, 6.45) is 3.79. The molecule has 0 aromatic heterocycles. The molecule has 86 valence electrons. The molecule has 0 aliphatic carbocycles. The van der Waals surface area contributed by atoms with Crippen LogP contribution in [-0.4, -0.2) is 39.8 Å². The molecule has 0 bridgehead atoms. The van der Waals surface area contributed by atoms with Crippen molar-refractivity contribution in [2.24, 2.45) is 0 Å². The third-order valence-electron chi connectivity index (χ3n) is 1.99. The maximum absolute atomic E-state index is 3.44. The Bertz CT molecular complexity index is 87.4. The lowest BCUT2D eigenvalue weighted by atomic mass is 10.3. The lowest BCUT2D eigenvalue weighted by molar-refractivity contribution is 0.574. The topological polar surface area (TPSA) is 36.1 Å². The molecule has 3 N–H and O–H groups in total. The van der Waals surface area contributed by atoms with E-state index in [0.29, 0.717) is 0 Å². The van der Waals surface area contributed by atoms with Crippen LogP contribution in [0.4, 0.5) is 0 Å². The van der Waals surface area contributed by atoms with E-state index in [2.05, 4.69) is 22.9 Å². The van der Waals surface area contributed by atoms with Gasteiger partial charge >= 0.3 is 0 Å². The van der Waals surface area contributed by atoms with Gasteiger partial charge in [-0.2, -0.15) is 0 Å². The van der Waals surface area contributed by atoms with E-state index >= 15 is 0 Å². The minimum atomic E-state index is 0. The molecule has 13 heavy (non-hydrogen) atoms. The monoisotopic (exact) mass is 193 g/mol. The van der Waals surface area contributed by atoms with Crippen LogP contribution in [0.1, 0.15) is 30.5 Å². The number of unbranched alkanes of at least 4 members (excludes halogenated alkanes) is 1. The Kier molecular flexibility index (Phi) is 11.8. The molecule has 0 heterocycles. The average Bonchev–Trinajstić information content (AvgIpc) is 2.16. The van der Waals surface area contributed by atoms with E-state index < -0.39 is 0 Å². The number of nitrogens with one attached hydrogen (secondary N) is 3. The van der Waals surface area contributed by atoms with Gasteiger partial charge in [-0.05, 0) is 59.0 Å². The maximum atomic E-state index is 3.44. The highest BCUT2D eigenvalue weighted by molar-refractivity contribution is 4.51. The molecule has 0 amide bonds. The first kappa shape index (κ1) is 12.9. The summed E-state index contributed by atoms with van der Waals surface area (Å²) >= 11 is 0. The first-order chi connectivity index (χ1) is 6.41. The Labute approximate surface area is 87.1 Å². The molecule has 0 atom stereocenters. The molecule has 0 aliphatic heterocycles. The van der Waals surface area contributed by atoms with E-state index in [1.54, 1.807) is 0 Å². The van der Waals surface area contributed by atoms with Crippen molar-refractivity contribution in [1.82, 2.24) is 16.0 Å². The molecular weight excluding hydrogens is 162 g/mol. The summed E-state index contributed by atoms with van der Waals surface area (Å²) in [6.45, 7) is 7.81. The van der Waals surface area contributed by atoms with E-state index in [0.717, 1.165) is 32.7 Å². The highest BCUT2D eigenvalue weighted by Gasteiger charge is 1.88. The smallest absolute Gasteiger partial charge is 0 e. The van der Waals surface area contributed by atoms with Gasteiger partial charge < -0.3 is 16.0 Å². The fourth-order valence-corrected chi connectivity index (χ4v) is 1.19. The van der Waals surface area contributed by atoms with Gasteiger partial charge in [-0.25, -0.2) is 0 Å². The molecule has 0 radical (unpaired) electrons. The predicted octanol–water partition coefficient (Wildman–Crippen LogP) is 1.31. The van der Waals surface area contributed by atoms with Crippen molar-refractivity contribution in [2.75, 3.05) is 39.8 Å². The van der Waals surface area contributed by atoms with E-state index in [4.69, 9.17) is 0 Å². The normalized spacial score (nSPS) is 10.6. The summed E-state index contributed by atoms with van der Waals surface area (Å²) in [5.41, 5.74) is 0. The zero-order valence-electron chi connectivity index (χ0n) is 9.16. The molecule has 0 aromatic rings. The molecule has 0 saturated heterocycles. The van der Waals surface area contributed by atoms with E-state index in [-0.39, 0.29) is 4.28 Å². The lowest BCUT2D eigenvalue weighted by Gasteiger charge is -2.04. The summed E-state index contributed by atoms with van der Waals surface area (Å²) in [4.78, 5) is 0. The van der Waals surface area contributed by atoms with Crippen LogP contribution < -0.4 is 16.0 Å². The number of hydrogen-bond acceptors (Lipinski definition) is 3. The minimum absolute atomic E-state index is 0. The van der Waals surface area contributed by atoms with Crippen molar-refractivity contribution in [1.29, 1.82) is 0 Å². The molecule has 3 nitrogen and oxygen atoms in total. The minimum Gasteiger partial charge on any atom is -0.320 e. The first-order valence-corrected chi connectivity index (χ1v) is 5.47. The van der Waals surface area contributed by atoms with E-state index in [9.17, 15) is 0 Å². The van der Waals surface area contributed by atoms with Crippen LogP contribution >= 0.6 is 0 Å². The molecule has 0 aliphatic rings. The van der Waals surface area contributed by atoms with Crippen molar-refractivity contribution in [3.05, 3.63) is 0 Å². The van der Waals surface area contributed by atoms with Crippen molar-refractivity contribution in [3.63, 3.8) is 0 Å². The maximum Gasteiger partial charge on any atom is 0 e. The van der Waals surface area contributed by atoms with E-state index in [1.807, 2.05) is 7.05 Å². The second kappa shape index (κ2) is 11.9. The fourth-order valence-electron chi connectivity index (χ4n) is 1.19. The largest absolute Gasteiger partial charge is 0.320 e. The van der Waals surface area contributed by atoms with Crippen LogP contribution in [0.3, 0.4) is 0 Å². The summed E-state index contributed by atoms with van der Waals surface area (Å²) in [7, 11) is 2.00. The lowest BCUT2D eigenvalue weighted by Crippen LogP contribution is -2.23. The Morgan fingerprint density at radius 2 is 1.46 bits per heavy atom. The Morgan fingerprint density at radius 1 is 0.846 bits per heavy atom. The highest BCUT2D eigenvalue weighted by Crippen LogP contribution is 1.83. The van der Waals surface area contributed by atoms with Crippen LogP contribution in [0, 0.1) is 0 Å². The molecule has 3 heteroatoms. The molecule has 0 fully saturated rings. The third kappa shape index (κ3) is 11.9. The molecule has 0 spiro atoms. The van der Waals surface area contributed by atoms with Crippen LogP contribution in [-0.2, 0) is 0 Å². The molecule has 0 rings (SSSR count). The molecule has 0 saturated carbocycles. The van der Waals surface area contributed by atoms with Crippen molar-refractivity contribution in [3.8, 4) is 0 Å². The van der Waals surface area contributed by atoms with Gasteiger partial charge in [-0.3, -0.25) is 0 Å². The second-order valence-corrected chi connectivity index (χ2v) is 3.27. The van der Waals surface area contributed by atoms with Gasteiger partial charge in [-0.15, -0.1) is 0 Å². The summed E-state index contributed by atoms with van der Waals surface area (Å²) in [5.74, 6) is 0. The molecule has 0 unspecified atom stereocenters. The van der Waals surface area contributed by atoms with Crippen LogP contribution in [0.15, 0.2) is 0 Å². The van der Waals surface area contributed by atoms with Gasteiger partial charge in [0.15, 0.2) is 0 Å². The molecular formula is C10H31N3. The highest BCUT2D eigenvalue weighted by atomic mass is 14.9. The predicted molar refractivity (Wildman–Crippen MR) is 65.5 cm³/mol. The van der Waals surface area contributed by atoms with Gasteiger partial charge in [0.1, 0.15) is 0 Å². The van der Waals surface area contributed by atoms with Crippen molar-refractivity contribution in [2.45, 2.75) is 26.2 Å².